The van der Waals surface area contributed by atoms with Gasteiger partial charge in [0.15, 0.2) is 7.94 Å². The van der Waals surface area contributed by atoms with Gasteiger partial charge in [0.05, 0.1) is 19.6 Å². The van der Waals surface area contributed by atoms with E-state index < -0.39 is 26.3 Å². The molecule has 2 aliphatic rings. The number of carbonyl (C=O) groups is 3. The van der Waals surface area contributed by atoms with E-state index in [9.17, 15) is 14.4 Å². The molecule has 182 valence electrons. The summed E-state index contributed by atoms with van der Waals surface area (Å²) in [5.74, 6) is -1.93. The number of halogens is 4. The topological polar surface area (TPSA) is 94.2 Å². The SMILES string of the molecule is CC(=O)NCC1CN(c2ccc(N3CCN(C(NC=O)C(Br)(Br)Br)[C@@](C)(F)C3)cc2)C(=O)O1. The molecule has 33 heavy (non-hydrogen) atoms. The van der Waals surface area contributed by atoms with Crippen LogP contribution in [0.4, 0.5) is 20.6 Å². The minimum absolute atomic E-state index is 0.0804. The number of amides is 3. The molecule has 1 aromatic rings. The molecule has 9 nitrogen and oxygen atoms in total. The van der Waals surface area contributed by atoms with E-state index in [1.165, 1.54) is 18.7 Å². The van der Waals surface area contributed by atoms with Gasteiger partial charge in [0, 0.05) is 31.4 Å². The molecule has 2 unspecified atom stereocenters. The van der Waals surface area contributed by atoms with Crippen LogP contribution in [0.25, 0.3) is 0 Å². The lowest BCUT2D eigenvalue weighted by molar-refractivity contribution is -0.119. The second kappa shape index (κ2) is 10.4. The zero-order valence-electron chi connectivity index (χ0n) is 18.1. The normalized spacial score (nSPS) is 24.9. The minimum atomic E-state index is -1.74. The van der Waals surface area contributed by atoms with Crippen LogP contribution in [0.2, 0.25) is 0 Å². The van der Waals surface area contributed by atoms with Crippen molar-refractivity contribution in [1.29, 1.82) is 0 Å². The first kappa shape index (κ1) is 26.2. The predicted molar refractivity (Wildman–Crippen MR) is 134 cm³/mol. The summed E-state index contributed by atoms with van der Waals surface area (Å²) in [6, 6.07) is 7.24. The molecule has 0 saturated carbocycles. The van der Waals surface area contributed by atoms with Crippen LogP contribution in [-0.4, -0.2) is 76.2 Å². The summed E-state index contributed by atoms with van der Waals surface area (Å²) in [6.45, 7) is 4.44. The highest BCUT2D eigenvalue weighted by molar-refractivity contribution is 9.39. The first-order valence-electron chi connectivity index (χ1n) is 10.2. The van der Waals surface area contributed by atoms with Gasteiger partial charge in [0.2, 0.25) is 12.3 Å². The van der Waals surface area contributed by atoms with E-state index in [1.54, 1.807) is 17.0 Å². The van der Waals surface area contributed by atoms with E-state index in [1.807, 2.05) is 17.0 Å². The molecule has 2 N–H and O–H groups in total. The van der Waals surface area contributed by atoms with Gasteiger partial charge in [-0.3, -0.25) is 14.5 Å². The first-order valence-corrected chi connectivity index (χ1v) is 12.6. The summed E-state index contributed by atoms with van der Waals surface area (Å²) in [4.78, 5) is 39.4. The lowest BCUT2D eigenvalue weighted by Crippen LogP contribution is -2.67. The Balaban J connectivity index is 1.67. The van der Waals surface area contributed by atoms with Gasteiger partial charge in [-0.1, -0.05) is 47.8 Å². The van der Waals surface area contributed by atoms with Crippen LogP contribution in [0.15, 0.2) is 24.3 Å². The van der Waals surface area contributed by atoms with Crippen molar-refractivity contribution in [3.63, 3.8) is 0 Å². The fourth-order valence-electron chi connectivity index (χ4n) is 3.96. The largest absolute Gasteiger partial charge is 0.442 e. The summed E-state index contributed by atoms with van der Waals surface area (Å²) in [7, 11) is 0. The van der Waals surface area contributed by atoms with E-state index in [-0.39, 0.29) is 19.0 Å². The lowest BCUT2D eigenvalue weighted by Gasteiger charge is -2.49. The molecule has 2 heterocycles. The van der Waals surface area contributed by atoms with E-state index >= 15 is 4.39 Å². The average Bonchev–Trinajstić information content (AvgIpc) is 3.10. The van der Waals surface area contributed by atoms with Gasteiger partial charge in [-0.05, 0) is 31.2 Å². The molecular formula is C20H25Br3FN5O4. The van der Waals surface area contributed by atoms with Gasteiger partial charge in [-0.2, -0.15) is 0 Å². The molecule has 0 radical (unpaired) electrons. The Bertz CT molecular complexity index is 883. The summed E-state index contributed by atoms with van der Waals surface area (Å²) >= 11 is 10.2. The Kier molecular flexibility index (Phi) is 8.28. The summed E-state index contributed by atoms with van der Waals surface area (Å²) in [5, 5.41) is 5.28. The summed E-state index contributed by atoms with van der Waals surface area (Å²) in [5.41, 5.74) is 1.47. The number of alkyl halides is 4. The monoisotopic (exact) mass is 655 g/mol. The third kappa shape index (κ3) is 6.37. The van der Waals surface area contributed by atoms with Crippen LogP contribution < -0.4 is 20.4 Å². The van der Waals surface area contributed by atoms with Crippen molar-refractivity contribution in [2.45, 2.75) is 34.1 Å². The number of hydrogen-bond acceptors (Lipinski definition) is 6. The molecule has 0 aromatic heterocycles. The number of cyclic esters (lactones) is 1. The van der Waals surface area contributed by atoms with Crippen LogP contribution in [-0.2, 0) is 14.3 Å². The third-order valence-corrected chi connectivity index (χ3v) is 6.82. The van der Waals surface area contributed by atoms with Gasteiger partial charge in [0.1, 0.15) is 12.3 Å². The van der Waals surface area contributed by atoms with Crippen molar-refractivity contribution < 1.29 is 23.5 Å². The molecule has 13 heteroatoms. The van der Waals surface area contributed by atoms with Crippen molar-refractivity contribution >= 4 is 77.6 Å². The van der Waals surface area contributed by atoms with Gasteiger partial charge in [0.25, 0.3) is 0 Å². The highest BCUT2D eigenvalue weighted by atomic mass is 80.0. The van der Waals surface area contributed by atoms with Crippen molar-refractivity contribution in [2.24, 2.45) is 0 Å². The Hall–Kier alpha value is -1.44. The molecule has 3 atom stereocenters. The predicted octanol–water partition coefficient (Wildman–Crippen LogP) is 2.87. The van der Waals surface area contributed by atoms with Crippen LogP contribution >= 0.6 is 47.8 Å². The molecule has 2 aliphatic heterocycles. The lowest BCUT2D eigenvalue weighted by atomic mass is 10.1. The van der Waals surface area contributed by atoms with E-state index in [0.29, 0.717) is 31.7 Å². The zero-order chi connectivity index (χ0) is 24.4. The molecule has 0 aliphatic carbocycles. The number of anilines is 2. The summed E-state index contributed by atoms with van der Waals surface area (Å²) in [6.07, 6.45) is -1.03. The Morgan fingerprint density at radius 2 is 1.94 bits per heavy atom. The quantitative estimate of drug-likeness (QED) is 0.266. The average molecular weight is 658 g/mol. The number of hydrogen-bond donors (Lipinski definition) is 2. The maximum atomic E-state index is 15.7. The van der Waals surface area contributed by atoms with Gasteiger partial charge in [-0.25, -0.2) is 14.1 Å². The second-order valence-electron chi connectivity index (χ2n) is 8.06. The minimum Gasteiger partial charge on any atom is -0.442 e. The van der Waals surface area contributed by atoms with Crippen LogP contribution in [0.3, 0.4) is 0 Å². The highest BCUT2D eigenvalue weighted by Crippen LogP contribution is 2.42. The number of nitrogens with zero attached hydrogens (tertiary/aromatic N) is 3. The van der Waals surface area contributed by atoms with Crippen molar-refractivity contribution in [3.8, 4) is 0 Å². The third-order valence-electron chi connectivity index (χ3n) is 5.52. The van der Waals surface area contributed by atoms with Gasteiger partial charge in [-0.15, -0.1) is 0 Å². The van der Waals surface area contributed by atoms with Crippen molar-refractivity contribution in [3.05, 3.63) is 24.3 Å². The van der Waals surface area contributed by atoms with Crippen LogP contribution in [0.5, 0.6) is 0 Å². The molecule has 3 amide bonds. The Morgan fingerprint density at radius 3 is 2.48 bits per heavy atom. The van der Waals surface area contributed by atoms with E-state index in [2.05, 4.69) is 58.4 Å². The Labute approximate surface area is 216 Å². The van der Waals surface area contributed by atoms with Crippen LogP contribution in [0.1, 0.15) is 13.8 Å². The van der Waals surface area contributed by atoms with Gasteiger partial charge >= 0.3 is 6.09 Å². The highest BCUT2D eigenvalue weighted by Gasteiger charge is 2.47. The molecule has 3 rings (SSSR count). The second-order valence-corrected chi connectivity index (χ2v) is 15.0. The fraction of sp³-hybridized carbons (Fsp3) is 0.550. The molecule has 2 saturated heterocycles. The summed E-state index contributed by atoms with van der Waals surface area (Å²) < 4.78 is 20.1. The molecule has 0 bridgehead atoms. The smallest absolute Gasteiger partial charge is 0.414 e. The Morgan fingerprint density at radius 1 is 1.30 bits per heavy atom. The van der Waals surface area contributed by atoms with E-state index in [4.69, 9.17) is 4.74 Å². The fourth-order valence-corrected chi connectivity index (χ4v) is 5.10. The first-order chi connectivity index (χ1) is 15.4. The molecule has 1 aromatic carbocycles. The van der Waals surface area contributed by atoms with Crippen molar-refractivity contribution in [1.82, 2.24) is 15.5 Å². The maximum absolute atomic E-state index is 15.7. The van der Waals surface area contributed by atoms with Crippen molar-refractivity contribution in [2.75, 3.05) is 42.5 Å². The van der Waals surface area contributed by atoms with E-state index in [0.717, 1.165) is 5.69 Å². The number of rotatable bonds is 7. The maximum Gasteiger partial charge on any atom is 0.414 e. The standard InChI is InChI=1S/C20H25Br3FN5O4/c1-13(31)25-9-16-10-28(18(32)33-16)15-5-3-14(4-6-15)27-7-8-29(19(2,24)11-27)17(26-12-30)20(21,22)23/h3-6,12,16-17H,7-11H2,1-2H3,(H,25,31)(H,26,30)/t16?,17?,19-/m1/s1. The molecule has 0 spiro atoms. The van der Waals surface area contributed by atoms with Crippen LogP contribution in [0, 0.1) is 0 Å². The molecule has 2 fully saturated rings. The number of carbonyl (C=O) groups excluding carboxylic acids is 3. The number of nitrogens with one attached hydrogen (secondary N) is 2. The number of ether oxygens (including phenoxy) is 1. The zero-order valence-corrected chi connectivity index (χ0v) is 22.8. The molecular weight excluding hydrogens is 633 g/mol. The number of piperazine rings is 1. The van der Waals surface area contributed by atoms with Gasteiger partial charge < -0.3 is 20.3 Å². The number of benzene rings is 1.